The molecule has 4 aromatic rings. The molecule has 1 aromatic heterocycles. The molecule has 3 aromatic carbocycles. The van der Waals surface area contributed by atoms with E-state index in [9.17, 15) is 4.79 Å². The van der Waals surface area contributed by atoms with Crippen molar-refractivity contribution >= 4 is 5.91 Å². The number of fused-ring (bicyclic) bond motifs is 1. The van der Waals surface area contributed by atoms with Crippen molar-refractivity contribution in [3.05, 3.63) is 107 Å². The topological polar surface area (TPSA) is 43.3 Å². The molecule has 0 saturated heterocycles. The van der Waals surface area contributed by atoms with Crippen molar-refractivity contribution in [3.8, 4) is 22.7 Å². The lowest BCUT2D eigenvalue weighted by atomic mass is 9.89. The molecule has 0 fully saturated rings. The summed E-state index contributed by atoms with van der Waals surface area (Å²) in [6, 6.07) is 28.6. The second kappa shape index (κ2) is 9.60. The summed E-state index contributed by atoms with van der Waals surface area (Å²) in [6.45, 7) is 2.79. The van der Waals surface area contributed by atoms with Crippen molar-refractivity contribution in [2.45, 2.75) is 32.7 Å². The van der Waals surface area contributed by atoms with Crippen LogP contribution >= 0.6 is 0 Å². The summed E-state index contributed by atoms with van der Waals surface area (Å²) in [7, 11) is 1.64. The fraction of sp³-hybridized carbons (Fsp3) is 0.233. The van der Waals surface area contributed by atoms with Gasteiger partial charge in [-0.1, -0.05) is 49.4 Å². The molecule has 1 N–H and O–H groups in total. The third-order valence-electron chi connectivity index (χ3n) is 6.68. The van der Waals surface area contributed by atoms with E-state index in [4.69, 9.17) is 4.74 Å². The fourth-order valence-corrected chi connectivity index (χ4v) is 4.86. The Balaban J connectivity index is 1.40. The molecule has 4 heteroatoms. The molecule has 34 heavy (non-hydrogen) atoms. The van der Waals surface area contributed by atoms with Crippen LogP contribution in [-0.4, -0.2) is 17.6 Å². The minimum absolute atomic E-state index is 0.0824. The van der Waals surface area contributed by atoms with Crippen LogP contribution in [0.3, 0.4) is 0 Å². The van der Waals surface area contributed by atoms with Crippen molar-refractivity contribution in [2.75, 3.05) is 7.11 Å². The average molecular weight is 451 g/mol. The van der Waals surface area contributed by atoms with E-state index in [1.54, 1.807) is 7.11 Å². The van der Waals surface area contributed by atoms with Gasteiger partial charge in [-0.2, -0.15) is 0 Å². The first-order valence-electron chi connectivity index (χ1n) is 11.9. The molecule has 5 rings (SSSR count). The van der Waals surface area contributed by atoms with Gasteiger partial charge in [0.25, 0.3) is 5.91 Å². The van der Waals surface area contributed by atoms with Crippen molar-refractivity contribution in [3.63, 3.8) is 0 Å². The summed E-state index contributed by atoms with van der Waals surface area (Å²) in [5, 5.41) is 3.01. The van der Waals surface area contributed by atoms with E-state index < -0.39 is 0 Å². The van der Waals surface area contributed by atoms with Crippen LogP contribution in [0.15, 0.2) is 84.9 Å². The van der Waals surface area contributed by atoms with Crippen molar-refractivity contribution in [2.24, 2.45) is 5.92 Å². The Bertz CT molecular complexity index is 1290. The number of benzene rings is 3. The van der Waals surface area contributed by atoms with Crippen LogP contribution in [0.25, 0.3) is 16.9 Å². The molecule has 4 nitrogen and oxygen atoms in total. The smallest absolute Gasteiger partial charge is 0.251 e. The second-order valence-electron chi connectivity index (χ2n) is 9.13. The minimum Gasteiger partial charge on any atom is -0.497 e. The Hall–Kier alpha value is -3.79. The fourth-order valence-electron chi connectivity index (χ4n) is 4.86. The Morgan fingerprint density at radius 1 is 1.00 bits per heavy atom. The van der Waals surface area contributed by atoms with E-state index in [1.165, 1.54) is 28.9 Å². The van der Waals surface area contributed by atoms with E-state index >= 15 is 0 Å². The van der Waals surface area contributed by atoms with E-state index in [2.05, 4.69) is 65.3 Å². The molecule has 1 aliphatic rings. The van der Waals surface area contributed by atoms with Crippen LogP contribution < -0.4 is 10.1 Å². The average Bonchev–Trinajstić information content (AvgIpc) is 3.26. The van der Waals surface area contributed by atoms with Gasteiger partial charge >= 0.3 is 0 Å². The van der Waals surface area contributed by atoms with Crippen LogP contribution in [0.5, 0.6) is 5.75 Å². The van der Waals surface area contributed by atoms with Gasteiger partial charge in [-0.15, -0.1) is 0 Å². The highest BCUT2D eigenvalue weighted by atomic mass is 16.5. The van der Waals surface area contributed by atoms with E-state index in [0.717, 1.165) is 29.8 Å². The van der Waals surface area contributed by atoms with E-state index in [-0.39, 0.29) is 5.91 Å². The zero-order valence-electron chi connectivity index (χ0n) is 19.8. The van der Waals surface area contributed by atoms with Crippen LogP contribution in [0.2, 0.25) is 0 Å². The molecule has 0 spiro atoms. The Morgan fingerprint density at radius 3 is 2.56 bits per heavy atom. The number of nitrogens with one attached hydrogen (secondary N) is 1. The Kier molecular flexibility index (Phi) is 6.22. The van der Waals surface area contributed by atoms with Crippen LogP contribution in [-0.2, 0) is 19.4 Å². The summed E-state index contributed by atoms with van der Waals surface area (Å²) in [4.78, 5) is 12.8. The third kappa shape index (κ3) is 4.49. The number of amides is 1. The van der Waals surface area contributed by atoms with Crippen molar-refractivity contribution in [1.82, 2.24) is 9.88 Å². The summed E-state index contributed by atoms with van der Waals surface area (Å²) in [6.07, 6.45) is 3.40. The molecule has 172 valence electrons. The molecule has 0 aliphatic heterocycles. The molecule has 0 bridgehead atoms. The van der Waals surface area contributed by atoms with Crippen molar-refractivity contribution < 1.29 is 9.53 Å². The highest BCUT2D eigenvalue weighted by molar-refractivity contribution is 5.94. The summed E-state index contributed by atoms with van der Waals surface area (Å²) in [5.41, 5.74) is 8.02. The maximum atomic E-state index is 12.8. The number of hydrogen-bond acceptors (Lipinski definition) is 2. The predicted molar refractivity (Wildman–Crippen MR) is 137 cm³/mol. The number of methoxy groups -OCH3 is 1. The van der Waals surface area contributed by atoms with Gasteiger partial charge in [0.1, 0.15) is 5.75 Å². The molecule has 1 heterocycles. The third-order valence-corrected chi connectivity index (χ3v) is 6.68. The number of ether oxygens (including phenoxy) is 1. The van der Waals surface area contributed by atoms with Gasteiger partial charge in [-0.3, -0.25) is 4.79 Å². The van der Waals surface area contributed by atoms with E-state index in [0.29, 0.717) is 18.0 Å². The maximum absolute atomic E-state index is 12.8. The van der Waals surface area contributed by atoms with Gasteiger partial charge in [0.15, 0.2) is 0 Å². The van der Waals surface area contributed by atoms with Gasteiger partial charge in [0.05, 0.1) is 12.8 Å². The number of carbonyl (C=O) groups is 1. The maximum Gasteiger partial charge on any atom is 0.251 e. The summed E-state index contributed by atoms with van der Waals surface area (Å²) < 4.78 is 7.65. The Labute approximate surface area is 201 Å². The SMILES string of the molecule is COc1cccc(CNC(=O)c2ccc(-n3c(-c4ccccc4)cc4c3CC[C@H](C)C4)cc2)c1. The molecular weight excluding hydrogens is 420 g/mol. The summed E-state index contributed by atoms with van der Waals surface area (Å²) in [5.74, 6) is 1.42. The van der Waals surface area contributed by atoms with Crippen LogP contribution in [0.1, 0.15) is 40.5 Å². The molecule has 1 atom stereocenters. The number of aromatic nitrogens is 1. The number of hydrogen-bond donors (Lipinski definition) is 1. The molecule has 0 radical (unpaired) electrons. The normalized spacial score (nSPS) is 14.9. The first-order valence-corrected chi connectivity index (χ1v) is 11.9. The number of rotatable bonds is 6. The number of nitrogens with zero attached hydrogens (tertiary/aromatic N) is 1. The van der Waals surface area contributed by atoms with Gasteiger partial charge < -0.3 is 14.6 Å². The van der Waals surface area contributed by atoms with Gasteiger partial charge in [-0.05, 0) is 84.3 Å². The molecule has 0 saturated carbocycles. The quantitative estimate of drug-likeness (QED) is 0.380. The number of carbonyl (C=O) groups excluding carboxylic acids is 1. The Morgan fingerprint density at radius 2 is 1.79 bits per heavy atom. The van der Waals surface area contributed by atoms with Crippen molar-refractivity contribution in [1.29, 1.82) is 0 Å². The lowest BCUT2D eigenvalue weighted by Crippen LogP contribution is -2.22. The highest BCUT2D eigenvalue weighted by Crippen LogP contribution is 2.35. The second-order valence-corrected chi connectivity index (χ2v) is 9.13. The zero-order chi connectivity index (χ0) is 23.5. The van der Waals surface area contributed by atoms with E-state index in [1.807, 2.05) is 36.4 Å². The minimum atomic E-state index is -0.0824. The van der Waals surface area contributed by atoms with Crippen LogP contribution in [0, 0.1) is 5.92 Å². The van der Waals surface area contributed by atoms with Crippen LogP contribution in [0.4, 0.5) is 0 Å². The first-order chi connectivity index (χ1) is 16.6. The first kappa shape index (κ1) is 22.0. The van der Waals surface area contributed by atoms with Gasteiger partial charge in [0, 0.05) is 23.5 Å². The molecular formula is C30H30N2O2. The monoisotopic (exact) mass is 450 g/mol. The van der Waals surface area contributed by atoms with Gasteiger partial charge in [-0.25, -0.2) is 0 Å². The molecule has 1 aliphatic carbocycles. The predicted octanol–water partition coefficient (Wildman–Crippen LogP) is 6.21. The lowest BCUT2D eigenvalue weighted by molar-refractivity contribution is 0.0951. The standard InChI is InChI=1S/C30H30N2O2/c1-21-11-16-28-25(17-21)19-29(23-8-4-3-5-9-23)32(28)26-14-12-24(13-15-26)30(33)31-20-22-7-6-10-27(18-22)34-2/h3-10,12-15,18-19,21H,11,16-17,20H2,1-2H3,(H,31,33)/t21-/m0/s1. The highest BCUT2D eigenvalue weighted by Gasteiger charge is 2.23. The lowest BCUT2D eigenvalue weighted by Gasteiger charge is -2.21. The van der Waals surface area contributed by atoms with Gasteiger partial charge in [0.2, 0.25) is 0 Å². The largest absolute Gasteiger partial charge is 0.497 e. The summed E-state index contributed by atoms with van der Waals surface area (Å²) >= 11 is 0. The molecule has 0 unspecified atom stereocenters. The molecule has 1 amide bonds. The zero-order valence-corrected chi connectivity index (χ0v) is 19.8.